The van der Waals surface area contributed by atoms with Crippen LogP contribution in [0, 0.1) is 0 Å². The number of furan rings is 2. The van der Waals surface area contributed by atoms with Crippen molar-refractivity contribution in [3.8, 4) is 17.2 Å². The minimum Gasteiger partial charge on any atom is -0.488 e. The van der Waals surface area contributed by atoms with Gasteiger partial charge >= 0.3 is 11.6 Å². The van der Waals surface area contributed by atoms with Crippen LogP contribution < -0.4 is 19.8 Å². The maximum Gasteiger partial charge on any atom is 0.350 e. The lowest BCUT2D eigenvalue weighted by atomic mass is 9.96. The van der Waals surface area contributed by atoms with E-state index in [4.69, 9.17) is 41.7 Å². The van der Waals surface area contributed by atoms with E-state index in [1.165, 1.54) is 11.6 Å². The second-order valence-corrected chi connectivity index (χ2v) is 15.0. The van der Waals surface area contributed by atoms with Crippen molar-refractivity contribution in [3.05, 3.63) is 94.3 Å². The van der Waals surface area contributed by atoms with Crippen LogP contribution in [0.2, 0.25) is 0 Å². The molecule has 272 valence electrons. The van der Waals surface area contributed by atoms with Crippen molar-refractivity contribution in [2.45, 2.75) is 96.6 Å². The summed E-state index contributed by atoms with van der Waals surface area (Å²) in [4.78, 5) is 11.8. The van der Waals surface area contributed by atoms with Gasteiger partial charge in [-0.3, -0.25) is 0 Å². The SMILES string of the molecule is C/C(=C\COc1c2c(cc3occc13)O[C@@]1(C=C2)OC(CC/C(C)=C/COc2c3ccoc3cc3oc(=O)ccc23)C(C)(C)O1)CCC1OC1(C)C. The van der Waals surface area contributed by atoms with Crippen LogP contribution in [0.4, 0.5) is 0 Å². The fourth-order valence-electron chi connectivity index (χ4n) is 7.13. The van der Waals surface area contributed by atoms with Crippen LogP contribution in [0.3, 0.4) is 0 Å². The van der Waals surface area contributed by atoms with Crippen LogP contribution >= 0.6 is 0 Å². The van der Waals surface area contributed by atoms with E-state index in [1.807, 2.05) is 50.3 Å². The fourth-order valence-corrected chi connectivity index (χ4v) is 7.13. The molecule has 0 amide bonds. The van der Waals surface area contributed by atoms with Crippen LogP contribution in [0.5, 0.6) is 17.2 Å². The van der Waals surface area contributed by atoms with E-state index in [2.05, 4.69) is 33.8 Å². The third-order valence-electron chi connectivity index (χ3n) is 10.3. The van der Waals surface area contributed by atoms with Crippen LogP contribution in [-0.4, -0.2) is 42.6 Å². The molecule has 1 spiro atoms. The van der Waals surface area contributed by atoms with Gasteiger partial charge in [0.05, 0.1) is 57.7 Å². The Bertz CT molecular complexity index is 2300. The normalized spacial score (nSPS) is 23.4. The molecule has 0 radical (unpaired) electrons. The average molecular weight is 709 g/mol. The molecule has 0 bridgehead atoms. The molecule has 2 aromatic carbocycles. The van der Waals surface area contributed by atoms with Gasteiger partial charge in [-0.2, -0.15) is 0 Å². The zero-order valence-electron chi connectivity index (χ0n) is 30.4. The molecule has 8 rings (SSSR count). The Morgan fingerprint density at radius 2 is 1.35 bits per heavy atom. The minimum absolute atomic E-state index is 0.00205. The van der Waals surface area contributed by atoms with E-state index >= 15 is 0 Å². The Morgan fingerprint density at radius 1 is 0.750 bits per heavy atom. The Kier molecular flexibility index (Phi) is 8.59. The third kappa shape index (κ3) is 6.66. The van der Waals surface area contributed by atoms with Crippen molar-refractivity contribution in [2.24, 2.45) is 0 Å². The highest BCUT2D eigenvalue weighted by molar-refractivity contribution is 6.01. The Labute approximate surface area is 301 Å². The van der Waals surface area contributed by atoms with Crippen molar-refractivity contribution < 1.29 is 41.7 Å². The molecule has 5 aromatic rings. The lowest BCUT2D eigenvalue weighted by Crippen LogP contribution is -2.38. The molecule has 0 aliphatic carbocycles. The maximum absolute atomic E-state index is 11.8. The number of allylic oxidation sites excluding steroid dienone is 2. The molecular formula is C42H44O10. The molecule has 3 aliphatic rings. The van der Waals surface area contributed by atoms with Gasteiger partial charge in [-0.05, 0) is 104 Å². The van der Waals surface area contributed by atoms with E-state index in [1.54, 1.807) is 24.7 Å². The average Bonchev–Trinajstić information content (AvgIpc) is 3.49. The molecule has 10 nitrogen and oxygen atoms in total. The zero-order chi connectivity index (χ0) is 36.3. The lowest BCUT2D eigenvalue weighted by Gasteiger charge is -2.30. The zero-order valence-corrected chi connectivity index (χ0v) is 30.4. The van der Waals surface area contributed by atoms with Gasteiger partial charge in [-0.15, -0.1) is 0 Å². The predicted molar refractivity (Wildman–Crippen MR) is 197 cm³/mol. The van der Waals surface area contributed by atoms with E-state index in [0.29, 0.717) is 65.1 Å². The van der Waals surface area contributed by atoms with Crippen molar-refractivity contribution >= 4 is 39.0 Å². The quantitative estimate of drug-likeness (QED) is 0.0705. The minimum atomic E-state index is -1.38. The van der Waals surface area contributed by atoms with Crippen molar-refractivity contribution in [2.75, 3.05) is 13.2 Å². The molecule has 2 fully saturated rings. The Hall–Kier alpha value is -4.77. The standard InChI is InChI=1S/C42H44O10/c1-25(7-10-35-40(3,4)50-35)15-20-47-39-28-13-18-42(49-34(28)24-32-30(39)17-22-45-32)51-36(41(5,6)52-42)11-8-26(2)14-19-46-38-27-9-12-37(43)48-33(27)23-31-29(38)16-21-44-31/h9,12-18,21-24,35-36H,7-8,10-11,19-20H2,1-6H3/b25-15+,26-14+/t35?,36?,42-/m0/s1. The largest absolute Gasteiger partial charge is 0.488 e. The highest BCUT2D eigenvalue weighted by Crippen LogP contribution is 2.48. The molecular weight excluding hydrogens is 664 g/mol. The summed E-state index contributed by atoms with van der Waals surface area (Å²) < 4.78 is 54.7. The van der Waals surface area contributed by atoms with Crippen molar-refractivity contribution in [3.63, 3.8) is 0 Å². The number of ether oxygens (including phenoxy) is 6. The van der Waals surface area contributed by atoms with E-state index < -0.39 is 17.2 Å². The first-order valence-corrected chi connectivity index (χ1v) is 17.9. The van der Waals surface area contributed by atoms with Gasteiger partial charge in [0, 0.05) is 24.3 Å². The number of hydrogen-bond donors (Lipinski definition) is 0. The number of epoxide rings is 1. The van der Waals surface area contributed by atoms with Crippen molar-refractivity contribution in [1.82, 2.24) is 0 Å². The van der Waals surface area contributed by atoms with E-state index in [-0.39, 0.29) is 11.7 Å². The molecule has 0 saturated carbocycles. The lowest BCUT2D eigenvalue weighted by molar-refractivity contribution is -0.270. The number of benzene rings is 2. The first kappa shape index (κ1) is 34.3. The summed E-state index contributed by atoms with van der Waals surface area (Å²) >= 11 is 0. The second kappa shape index (κ2) is 13.0. The van der Waals surface area contributed by atoms with Gasteiger partial charge in [0.15, 0.2) is 0 Å². The second-order valence-electron chi connectivity index (χ2n) is 15.0. The summed E-state index contributed by atoms with van der Waals surface area (Å²) in [6.07, 6.45) is 14.7. The Morgan fingerprint density at radius 3 is 2.02 bits per heavy atom. The number of fused-ring (bicyclic) bond motifs is 4. The summed E-state index contributed by atoms with van der Waals surface area (Å²) in [5.41, 5.74) is 3.83. The molecule has 3 aliphatic heterocycles. The molecule has 10 heteroatoms. The van der Waals surface area contributed by atoms with Gasteiger partial charge < -0.3 is 41.7 Å². The summed E-state index contributed by atoms with van der Waals surface area (Å²) in [7, 11) is 0. The highest BCUT2D eigenvalue weighted by Gasteiger charge is 2.54. The molecule has 52 heavy (non-hydrogen) atoms. The summed E-state index contributed by atoms with van der Waals surface area (Å²) in [5.74, 6) is 0.495. The van der Waals surface area contributed by atoms with Gasteiger partial charge in [-0.25, -0.2) is 4.79 Å². The topological polar surface area (TPSA) is 115 Å². The molecule has 3 aromatic heterocycles. The van der Waals surface area contributed by atoms with Gasteiger partial charge in [0.2, 0.25) is 0 Å². The fraction of sp³-hybridized carbons (Fsp3) is 0.405. The van der Waals surface area contributed by atoms with Crippen LogP contribution in [0.1, 0.15) is 72.8 Å². The summed E-state index contributed by atoms with van der Waals surface area (Å²) in [6.45, 7) is 13.3. The molecule has 2 saturated heterocycles. The summed E-state index contributed by atoms with van der Waals surface area (Å²) in [6, 6.07) is 10.4. The van der Waals surface area contributed by atoms with Gasteiger partial charge in [-0.1, -0.05) is 11.1 Å². The van der Waals surface area contributed by atoms with Crippen LogP contribution in [0.15, 0.2) is 96.3 Å². The smallest absolute Gasteiger partial charge is 0.350 e. The van der Waals surface area contributed by atoms with Gasteiger partial charge in [0.1, 0.15) is 47.2 Å². The summed E-state index contributed by atoms with van der Waals surface area (Å²) in [5, 5.41) is 2.40. The highest BCUT2D eigenvalue weighted by atomic mass is 16.9. The molecule has 0 N–H and O–H groups in total. The van der Waals surface area contributed by atoms with Crippen molar-refractivity contribution in [1.29, 1.82) is 0 Å². The number of hydrogen-bond acceptors (Lipinski definition) is 10. The monoisotopic (exact) mass is 708 g/mol. The van der Waals surface area contributed by atoms with Gasteiger partial charge in [0.25, 0.3) is 0 Å². The first-order chi connectivity index (χ1) is 24.9. The Balaban J connectivity index is 0.918. The predicted octanol–water partition coefficient (Wildman–Crippen LogP) is 9.63. The first-order valence-electron chi connectivity index (χ1n) is 17.9. The van der Waals surface area contributed by atoms with E-state index in [0.717, 1.165) is 41.2 Å². The van der Waals surface area contributed by atoms with E-state index in [9.17, 15) is 4.79 Å². The third-order valence-corrected chi connectivity index (χ3v) is 10.3. The van der Waals surface area contributed by atoms with Crippen LogP contribution in [-0.2, 0) is 14.2 Å². The molecule has 2 unspecified atom stereocenters. The maximum atomic E-state index is 11.8. The van der Waals surface area contributed by atoms with Crippen LogP contribution in [0.25, 0.3) is 39.0 Å². The molecule has 3 atom stereocenters. The molecule has 6 heterocycles. The number of rotatable bonds is 12.